The molecule has 4 nitrogen and oxygen atoms in total. The molecular formula is C11H21ClN2O2. The summed E-state index contributed by atoms with van der Waals surface area (Å²) < 4.78 is 5.49. The van der Waals surface area contributed by atoms with Gasteiger partial charge in [0.1, 0.15) is 6.10 Å². The van der Waals surface area contributed by atoms with Gasteiger partial charge in [-0.05, 0) is 26.2 Å². The number of likely N-dealkylation sites (tertiary alicyclic amines) is 1. The molecule has 5 heteroatoms. The van der Waals surface area contributed by atoms with Crippen LogP contribution in [0.3, 0.4) is 0 Å². The number of ether oxygens (including phenoxy) is 1. The van der Waals surface area contributed by atoms with Crippen molar-refractivity contribution < 1.29 is 9.53 Å². The fourth-order valence-electron chi connectivity index (χ4n) is 2.33. The first-order valence-electron chi connectivity index (χ1n) is 5.92. The van der Waals surface area contributed by atoms with E-state index in [2.05, 4.69) is 12.2 Å². The molecule has 0 aromatic heterocycles. The summed E-state index contributed by atoms with van der Waals surface area (Å²) in [7, 11) is 0. The van der Waals surface area contributed by atoms with E-state index in [1.54, 1.807) is 0 Å². The summed E-state index contributed by atoms with van der Waals surface area (Å²) >= 11 is 0. The number of nitrogens with one attached hydrogen (secondary N) is 1. The number of hydrogen-bond acceptors (Lipinski definition) is 3. The van der Waals surface area contributed by atoms with Crippen molar-refractivity contribution >= 4 is 18.3 Å². The first-order chi connectivity index (χ1) is 7.29. The molecule has 1 amide bonds. The van der Waals surface area contributed by atoms with E-state index < -0.39 is 0 Å². The summed E-state index contributed by atoms with van der Waals surface area (Å²) in [5, 5.41) is 3.20. The number of carbonyl (C=O) groups is 1. The molecular weight excluding hydrogens is 228 g/mol. The minimum Gasteiger partial charge on any atom is -0.366 e. The van der Waals surface area contributed by atoms with Crippen molar-refractivity contribution in [3.8, 4) is 0 Å². The van der Waals surface area contributed by atoms with Crippen LogP contribution < -0.4 is 5.32 Å². The van der Waals surface area contributed by atoms with Crippen molar-refractivity contribution in [2.75, 3.05) is 26.2 Å². The molecule has 0 spiro atoms. The van der Waals surface area contributed by atoms with Gasteiger partial charge in [0.25, 0.3) is 5.91 Å². The van der Waals surface area contributed by atoms with Crippen molar-refractivity contribution in [1.29, 1.82) is 0 Å². The highest BCUT2D eigenvalue weighted by molar-refractivity contribution is 5.85. The van der Waals surface area contributed by atoms with Crippen LogP contribution in [0.25, 0.3) is 0 Å². The van der Waals surface area contributed by atoms with Crippen LogP contribution in [0.4, 0.5) is 0 Å². The Labute approximate surface area is 103 Å². The molecule has 0 saturated carbocycles. The van der Waals surface area contributed by atoms with Gasteiger partial charge in [0.05, 0.1) is 6.61 Å². The van der Waals surface area contributed by atoms with Crippen molar-refractivity contribution in [1.82, 2.24) is 10.2 Å². The first kappa shape index (κ1) is 13.7. The average Bonchev–Trinajstić information content (AvgIpc) is 2.30. The summed E-state index contributed by atoms with van der Waals surface area (Å²) in [6, 6.07) is 0.386. The maximum Gasteiger partial charge on any atom is 0.253 e. The van der Waals surface area contributed by atoms with Gasteiger partial charge < -0.3 is 15.0 Å². The number of amides is 1. The Morgan fingerprint density at radius 3 is 2.88 bits per heavy atom. The molecule has 2 aliphatic rings. The first-order valence-corrected chi connectivity index (χ1v) is 5.92. The third-order valence-electron chi connectivity index (χ3n) is 3.29. The van der Waals surface area contributed by atoms with Gasteiger partial charge in [0, 0.05) is 25.7 Å². The Balaban J connectivity index is 0.00000128. The summed E-state index contributed by atoms with van der Waals surface area (Å²) in [5.74, 6) is 0.175. The van der Waals surface area contributed by atoms with E-state index in [0.29, 0.717) is 19.2 Å². The van der Waals surface area contributed by atoms with E-state index in [-0.39, 0.29) is 24.4 Å². The third-order valence-corrected chi connectivity index (χ3v) is 3.29. The molecule has 2 rings (SSSR count). The zero-order valence-corrected chi connectivity index (χ0v) is 10.6. The molecule has 2 aliphatic heterocycles. The zero-order valence-electron chi connectivity index (χ0n) is 9.78. The molecule has 2 heterocycles. The van der Waals surface area contributed by atoms with Crippen molar-refractivity contribution in [2.24, 2.45) is 0 Å². The molecule has 2 atom stereocenters. The molecule has 0 radical (unpaired) electrons. The SMILES string of the molecule is CC1CCCCN1C(=O)C1CNCCO1.Cl. The fraction of sp³-hybridized carbons (Fsp3) is 0.909. The summed E-state index contributed by atoms with van der Waals surface area (Å²) in [5.41, 5.74) is 0. The molecule has 0 aliphatic carbocycles. The van der Waals surface area contributed by atoms with Crippen LogP contribution in [0.2, 0.25) is 0 Å². The lowest BCUT2D eigenvalue weighted by atomic mass is 10.0. The maximum atomic E-state index is 12.1. The van der Waals surface area contributed by atoms with Crippen LogP contribution in [0, 0.1) is 0 Å². The minimum atomic E-state index is -0.251. The molecule has 2 saturated heterocycles. The Kier molecular flexibility index (Phi) is 5.52. The van der Waals surface area contributed by atoms with E-state index in [0.717, 1.165) is 25.9 Å². The predicted molar refractivity (Wildman–Crippen MR) is 64.9 cm³/mol. The Morgan fingerprint density at radius 2 is 2.25 bits per heavy atom. The highest BCUT2D eigenvalue weighted by Crippen LogP contribution is 2.18. The van der Waals surface area contributed by atoms with E-state index in [1.165, 1.54) is 6.42 Å². The second kappa shape index (κ2) is 6.42. The van der Waals surface area contributed by atoms with Crippen molar-refractivity contribution in [2.45, 2.75) is 38.3 Å². The van der Waals surface area contributed by atoms with Gasteiger partial charge in [-0.2, -0.15) is 0 Å². The number of carbonyl (C=O) groups excluding carboxylic acids is 1. The van der Waals surface area contributed by atoms with E-state index in [1.807, 2.05) is 4.90 Å². The average molecular weight is 249 g/mol. The lowest BCUT2D eigenvalue weighted by molar-refractivity contribution is -0.148. The smallest absolute Gasteiger partial charge is 0.253 e. The van der Waals surface area contributed by atoms with Gasteiger partial charge in [-0.1, -0.05) is 0 Å². The highest BCUT2D eigenvalue weighted by atomic mass is 35.5. The molecule has 0 aromatic rings. The quantitative estimate of drug-likeness (QED) is 0.746. The second-order valence-electron chi connectivity index (χ2n) is 4.44. The lowest BCUT2D eigenvalue weighted by Crippen LogP contribution is -2.53. The summed E-state index contributed by atoms with van der Waals surface area (Å²) in [6.07, 6.45) is 3.26. The largest absolute Gasteiger partial charge is 0.366 e. The molecule has 0 aromatic carbocycles. The highest BCUT2D eigenvalue weighted by Gasteiger charge is 2.30. The Bertz CT molecular complexity index is 232. The van der Waals surface area contributed by atoms with Gasteiger partial charge in [-0.25, -0.2) is 0 Å². The van der Waals surface area contributed by atoms with Gasteiger partial charge in [0.15, 0.2) is 0 Å². The van der Waals surface area contributed by atoms with Gasteiger partial charge >= 0.3 is 0 Å². The number of piperidine rings is 1. The van der Waals surface area contributed by atoms with Crippen LogP contribution in [0.5, 0.6) is 0 Å². The standard InChI is InChI=1S/C11H20N2O2.ClH/c1-9-4-2-3-6-13(9)11(14)10-8-12-5-7-15-10;/h9-10,12H,2-8H2,1H3;1H. The minimum absolute atomic E-state index is 0. The topological polar surface area (TPSA) is 41.6 Å². The number of hydrogen-bond donors (Lipinski definition) is 1. The number of halogens is 1. The van der Waals surface area contributed by atoms with E-state index in [9.17, 15) is 4.79 Å². The monoisotopic (exact) mass is 248 g/mol. The van der Waals surface area contributed by atoms with E-state index >= 15 is 0 Å². The van der Waals surface area contributed by atoms with Crippen molar-refractivity contribution in [3.63, 3.8) is 0 Å². The summed E-state index contributed by atoms with van der Waals surface area (Å²) in [6.45, 7) is 5.22. The molecule has 16 heavy (non-hydrogen) atoms. The Hall–Kier alpha value is -0.320. The third kappa shape index (κ3) is 3.09. The van der Waals surface area contributed by atoms with Crippen LogP contribution in [0.15, 0.2) is 0 Å². The lowest BCUT2D eigenvalue weighted by Gasteiger charge is -2.36. The normalized spacial score (nSPS) is 30.7. The molecule has 1 N–H and O–H groups in total. The predicted octanol–water partition coefficient (Wildman–Crippen LogP) is 0.798. The van der Waals surface area contributed by atoms with Crippen LogP contribution in [0.1, 0.15) is 26.2 Å². The van der Waals surface area contributed by atoms with Gasteiger partial charge in [-0.15, -0.1) is 12.4 Å². The fourth-order valence-corrected chi connectivity index (χ4v) is 2.33. The Morgan fingerprint density at radius 1 is 1.44 bits per heavy atom. The zero-order chi connectivity index (χ0) is 10.7. The van der Waals surface area contributed by atoms with Crippen LogP contribution in [-0.4, -0.2) is 49.2 Å². The molecule has 2 fully saturated rings. The number of rotatable bonds is 1. The maximum absolute atomic E-state index is 12.1. The summed E-state index contributed by atoms with van der Waals surface area (Å²) in [4.78, 5) is 14.1. The second-order valence-corrected chi connectivity index (χ2v) is 4.44. The number of nitrogens with zero attached hydrogens (tertiary/aromatic N) is 1. The van der Waals surface area contributed by atoms with E-state index in [4.69, 9.17) is 4.74 Å². The van der Waals surface area contributed by atoms with Gasteiger partial charge in [0.2, 0.25) is 0 Å². The number of morpholine rings is 1. The molecule has 0 bridgehead atoms. The van der Waals surface area contributed by atoms with Crippen LogP contribution in [-0.2, 0) is 9.53 Å². The van der Waals surface area contributed by atoms with Gasteiger partial charge in [-0.3, -0.25) is 4.79 Å². The molecule has 2 unspecified atom stereocenters. The van der Waals surface area contributed by atoms with Crippen LogP contribution >= 0.6 is 12.4 Å². The van der Waals surface area contributed by atoms with Crippen molar-refractivity contribution in [3.05, 3.63) is 0 Å². The molecule has 94 valence electrons.